The third-order valence-corrected chi connectivity index (χ3v) is 2.57. The monoisotopic (exact) mass is 288 g/mol. The van der Waals surface area contributed by atoms with Crippen LogP contribution in [0.15, 0.2) is 18.3 Å². The standard InChI is InChI=1S/C13H18F2N2O3/c1-9(18)5-6-17(2)13(19)10-3-4-12(16-7-10)20-8-11(14)15/h3-4,7,9,11,18H,5-6,8H2,1-2H3. The molecule has 1 atom stereocenters. The second-order valence-electron chi connectivity index (χ2n) is 4.45. The van der Waals surface area contributed by atoms with Crippen LogP contribution in [0.3, 0.4) is 0 Å². The van der Waals surface area contributed by atoms with Crippen LogP contribution < -0.4 is 4.74 Å². The van der Waals surface area contributed by atoms with E-state index in [1.165, 1.54) is 23.2 Å². The first-order valence-corrected chi connectivity index (χ1v) is 6.20. The fraction of sp³-hybridized carbons (Fsp3) is 0.538. The van der Waals surface area contributed by atoms with Gasteiger partial charge in [-0.25, -0.2) is 13.8 Å². The van der Waals surface area contributed by atoms with Crippen LogP contribution in [0, 0.1) is 0 Å². The Kier molecular flexibility index (Phi) is 6.30. The Morgan fingerprint density at radius 1 is 1.50 bits per heavy atom. The Balaban J connectivity index is 2.56. The first-order chi connectivity index (χ1) is 9.40. The summed E-state index contributed by atoms with van der Waals surface area (Å²) in [5, 5.41) is 9.17. The van der Waals surface area contributed by atoms with E-state index in [9.17, 15) is 13.6 Å². The van der Waals surface area contributed by atoms with Crippen molar-refractivity contribution in [3.05, 3.63) is 23.9 Å². The summed E-state index contributed by atoms with van der Waals surface area (Å²) in [5.74, 6) is -0.202. The normalized spacial score (nSPS) is 12.3. The van der Waals surface area contributed by atoms with Crippen LogP contribution in [-0.4, -0.2) is 53.6 Å². The molecular formula is C13H18F2N2O3. The number of pyridine rings is 1. The Hall–Kier alpha value is -1.76. The van der Waals surface area contributed by atoms with Gasteiger partial charge in [-0.15, -0.1) is 0 Å². The highest BCUT2D eigenvalue weighted by Crippen LogP contribution is 2.10. The second kappa shape index (κ2) is 7.74. The molecule has 20 heavy (non-hydrogen) atoms. The van der Waals surface area contributed by atoms with Crippen LogP contribution in [0.5, 0.6) is 5.88 Å². The van der Waals surface area contributed by atoms with Crippen LogP contribution in [0.25, 0.3) is 0 Å². The molecule has 0 saturated heterocycles. The largest absolute Gasteiger partial charge is 0.472 e. The van der Waals surface area contributed by atoms with E-state index < -0.39 is 19.1 Å². The van der Waals surface area contributed by atoms with E-state index in [-0.39, 0.29) is 11.8 Å². The second-order valence-corrected chi connectivity index (χ2v) is 4.45. The van der Waals surface area contributed by atoms with Crippen molar-refractivity contribution in [3.8, 4) is 5.88 Å². The van der Waals surface area contributed by atoms with Crippen molar-refractivity contribution in [2.24, 2.45) is 0 Å². The average molecular weight is 288 g/mol. The molecule has 1 aromatic rings. The molecule has 0 radical (unpaired) electrons. The minimum Gasteiger partial charge on any atom is -0.472 e. The Morgan fingerprint density at radius 2 is 2.20 bits per heavy atom. The Bertz CT molecular complexity index is 424. The van der Waals surface area contributed by atoms with E-state index in [1.54, 1.807) is 14.0 Å². The van der Waals surface area contributed by atoms with Crippen LogP contribution in [0.1, 0.15) is 23.7 Å². The van der Waals surface area contributed by atoms with Gasteiger partial charge in [0, 0.05) is 25.9 Å². The molecule has 7 heteroatoms. The van der Waals surface area contributed by atoms with Gasteiger partial charge in [0.25, 0.3) is 12.3 Å². The van der Waals surface area contributed by atoms with Gasteiger partial charge in [0.1, 0.15) is 0 Å². The maximum atomic E-state index is 12.0. The van der Waals surface area contributed by atoms with Gasteiger partial charge in [0.2, 0.25) is 5.88 Å². The van der Waals surface area contributed by atoms with E-state index in [0.29, 0.717) is 18.5 Å². The highest BCUT2D eigenvalue weighted by atomic mass is 19.3. The third kappa shape index (κ3) is 5.48. The van der Waals surface area contributed by atoms with Crippen LogP contribution in [0.4, 0.5) is 8.78 Å². The zero-order valence-electron chi connectivity index (χ0n) is 11.4. The minimum absolute atomic E-state index is 0.0495. The molecule has 1 heterocycles. The molecule has 112 valence electrons. The number of hydrogen-bond acceptors (Lipinski definition) is 4. The number of alkyl halides is 2. The lowest BCUT2D eigenvalue weighted by Crippen LogP contribution is -2.29. The Morgan fingerprint density at radius 3 is 2.70 bits per heavy atom. The zero-order chi connectivity index (χ0) is 15.1. The van der Waals surface area contributed by atoms with Gasteiger partial charge < -0.3 is 14.7 Å². The summed E-state index contributed by atoms with van der Waals surface area (Å²) >= 11 is 0. The number of aliphatic hydroxyl groups is 1. The fourth-order valence-corrected chi connectivity index (χ4v) is 1.44. The molecule has 0 bridgehead atoms. The van der Waals surface area contributed by atoms with Gasteiger partial charge in [0.05, 0.1) is 11.7 Å². The molecule has 1 amide bonds. The summed E-state index contributed by atoms with van der Waals surface area (Å²) in [4.78, 5) is 17.2. The first-order valence-electron chi connectivity index (χ1n) is 6.20. The lowest BCUT2D eigenvalue weighted by atomic mass is 10.2. The summed E-state index contributed by atoms with van der Waals surface area (Å²) in [6, 6.07) is 2.84. The summed E-state index contributed by atoms with van der Waals surface area (Å²) in [6.45, 7) is 1.34. The quantitative estimate of drug-likeness (QED) is 0.827. The number of carbonyl (C=O) groups is 1. The number of rotatable bonds is 7. The fourth-order valence-electron chi connectivity index (χ4n) is 1.44. The maximum absolute atomic E-state index is 12.0. The average Bonchev–Trinajstić information content (AvgIpc) is 2.42. The van der Waals surface area contributed by atoms with Gasteiger partial charge in [-0.1, -0.05) is 0 Å². The number of aromatic nitrogens is 1. The van der Waals surface area contributed by atoms with Crippen molar-refractivity contribution < 1.29 is 23.4 Å². The number of halogens is 2. The van der Waals surface area contributed by atoms with Crippen molar-refractivity contribution in [2.75, 3.05) is 20.2 Å². The van der Waals surface area contributed by atoms with E-state index in [0.717, 1.165) is 0 Å². The predicted molar refractivity (Wildman–Crippen MR) is 69.0 cm³/mol. The number of nitrogens with zero attached hydrogens (tertiary/aromatic N) is 2. The van der Waals surface area contributed by atoms with Gasteiger partial charge in [-0.3, -0.25) is 4.79 Å². The third-order valence-electron chi connectivity index (χ3n) is 2.57. The molecule has 1 N–H and O–H groups in total. The molecule has 1 aromatic heterocycles. The number of carbonyl (C=O) groups excluding carboxylic acids is 1. The van der Waals surface area contributed by atoms with E-state index in [1.807, 2.05) is 0 Å². The molecule has 0 spiro atoms. The SMILES string of the molecule is CC(O)CCN(C)C(=O)c1ccc(OCC(F)F)nc1. The summed E-state index contributed by atoms with van der Waals surface area (Å²) in [7, 11) is 1.62. The van der Waals surface area contributed by atoms with Gasteiger partial charge in [0.15, 0.2) is 6.61 Å². The summed E-state index contributed by atoms with van der Waals surface area (Å²) < 4.78 is 28.6. The van der Waals surface area contributed by atoms with Crippen molar-refractivity contribution in [3.63, 3.8) is 0 Å². The molecular weight excluding hydrogens is 270 g/mol. The molecule has 0 aliphatic carbocycles. The van der Waals surface area contributed by atoms with Crippen molar-refractivity contribution in [1.29, 1.82) is 0 Å². The summed E-state index contributed by atoms with van der Waals surface area (Å²) in [6.07, 6.45) is -1.29. The number of ether oxygens (including phenoxy) is 1. The van der Waals surface area contributed by atoms with Crippen LogP contribution in [0.2, 0.25) is 0 Å². The molecule has 1 rings (SSSR count). The van der Waals surface area contributed by atoms with Crippen molar-refractivity contribution >= 4 is 5.91 Å². The lowest BCUT2D eigenvalue weighted by Gasteiger charge is -2.18. The Labute approximate surface area is 116 Å². The molecule has 0 saturated carbocycles. The van der Waals surface area contributed by atoms with E-state index >= 15 is 0 Å². The molecule has 1 unspecified atom stereocenters. The topological polar surface area (TPSA) is 62.7 Å². The smallest absolute Gasteiger partial charge is 0.272 e. The molecule has 0 aliphatic rings. The minimum atomic E-state index is -2.57. The van der Waals surface area contributed by atoms with Gasteiger partial charge >= 0.3 is 0 Å². The first kappa shape index (κ1) is 16.3. The lowest BCUT2D eigenvalue weighted by molar-refractivity contribution is 0.0761. The molecule has 5 nitrogen and oxygen atoms in total. The van der Waals surface area contributed by atoms with Crippen molar-refractivity contribution in [1.82, 2.24) is 9.88 Å². The van der Waals surface area contributed by atoms with Crippen LogP contribution in [-0.2, 0) is 0 Å². The summed E-state index contributed by atoms with van der Waals surface area (Å²) in [5.41, 5.74) is 0.336. The molecule has 0 fully saturated rings. The maximum Gasteiger partial charge on any atom is 0.272 e. The molecule has 0 aliphatic heterocycles. The van der Waals surface area contributed by atoms with Gasteiger partial charge in [-0.2, -0.15) is 0 Å². The molecule has 0 aromatic carbocycles. The van der Waals surface area contributed by atoms with Crippen LogP contribution >= 0.6 is 0 Å². The van der Waals surface area contributed by atoms with Crippen molar-refractivity contribution in [2.45, 2.75) is 25.9 Å². The van der Waals surface area contributed by atoms with E-state index in [2.05, 4.69) is 4.98 Å². The number of hydrogen-bond donors (Lipinski definition) is 1. The highest BCUT2D eigenvalue weighted by Gasteiger charge is 2.13. The highest BCUT2D eigenvalue weighted by molar-refractivity contribution is 5.93. The number of amides is 1. The van der Waals surface area contributed by atoms with Gasteiger partial charge in [-0.05, 0) is 19.4 Å². The predicted octanol–water partition coefficient (Wildman–Crippen LogP) is 1.57. The number of aliphatic hydroxyl groups excluding tert-OH is 1. The van der Waals surface area contributed by atoms with E-state index in [4.69, 9.17) is 9.84 Å². The zero-order valence-corrected chi connectivity index (χ0v) is 11.4.